The van der Waals surface area contributed by atoms with Crippen LogP contribution in [0.1, 0.15) is 109 Å². The zero-order valence-corrected chi connectivity index (χ0v) is 41.7. The molecule has 5 N–H and O–H groups in total. The highest BCUT2D eigenvalue weighted by Crippen LogP contribution is 2.50. The third-order valence-electron chi connectivity index (χ3n) is 16.2. The molecule has 7 aliphatic rings. The van der Waals surface area contributed by atoms with E-state index in [4.69, 9.17) is 26.8 Å². The Bertz CT molecular complexity index is 2250. The van der Waals surface area contributed by atoms with Gasteiger partial charge in [0.25, 0.3) is 0 Å². The summed E-state index contributed by atoms with van der Waals surface area (Å²) in [4.78, 5) is 78.2. The molecule has 2 atom stereocenters. The van der Waals surface area contributed by atoms with Gasteiger partial charge >= 0.3 is 6.09 Å². The van der Waals surface area contributed by atoms with E-state index in [0.717, 1.165) is 113 Å². The molecule has 1 aromatic carbocycles. The SMILES string of the molecule is CC(C)(C)OC(=O)N[C@@H](C(=O)N1CCN(CC23CCC(C(=O)N4CCN(CC[C@H](NC(=O)C5(N)CCN(c6ncnc7[nH]ccc67)CC5)c5ccc(Cl)cc5)CC4)(CC2)CO3)CC1)C1CCCCC1. The van der Waals surface area contributed by atoms with E-state index >= 15 is 0 Å². The molecule has 5 aliphatic heterocycles. The minimum atomic E-state index is -1.02. The Balaban J connectivity index is 0.728. The molecule has 376 valence electrons. The van der Waals surface area contributed by atoms with Crippen LogP contribution in [0.15, 0.2) is 42.9 Å². The summed E-state index contributed by atoms with van der Waals surface area (Å²) >= 11 is 6.29. The first-order chi connectivity index (χ1) is 33.1. The number of alkyl carbamates (subject to hydrolysis) is 1. The van der Waals surface area contributed by atoms with Gasteiger partial charge in [0.15, 0.2) is 0 Å². The lowest BCUT2D eigenvalue weighted by Crippen LogP contribution is -2.63. The van der Waals surface area contributed by atoms with Crippen LogP contribution in [0, 0.1) is 11.3 Å². The van der Waals surface area contributed by atoms with E-state index in [1.807, 2.05) is 62.2 Å². The van der Waals surface area contributed by atoms with Crippen molar-refractivity contribution in [2.75, 3.05) is 90.0 Å². The molecule has 4 amide bonds. The lowest BCUT2D eigenvalue weighted by molar-refractivity contribution is -0.203. The van der Waals surface area contributed by atoms with Gasteiger partial charge in [-0.05, 0) is 108 Å². The molecule has 0 spiro atoms. The number of piperazine rings is 2. The number of halogens is 1. The van der Waals surface area contributed by atoms with E-state index in [1.54, 1.807) is 6.33 Å². The van der Waals surface area contributed by atoms with Crippen LogP contribution < -0.4 is 21.3 Å². The van der Waals surface area contributed by atoms with Crippen molar-refractivity contribution in [1.82, 2.24) is 45.2 Å². The minimum absolute atomic E-state index is 0.000671. The molecule has 17 nitrogen and oxygen atoms in total. The summed E-state index contributed by atoms with van der Waals surface area (Å²) in [6, 6.07) is 8.82. The van der Waals surface area contributed by atoms with Gasteiger partial charge in [-0.3, -0.25) is 24.2 Å². The Morgan fingerprint density at radius 2 is 1.51 bits per heavy atom. The third kappa shape index (κ3) is 11.3. The van der Waals surface area contributed by atoms with Gasteiger partial charge in [0.1, 0.15) is 29.4 Å². The molecule has 2 bridgehead atoms. The number of piperidine rings is 1. The number of hydrogen-bond donors (Lipinski definition) is 4. The van der Waals surface area contributed by atoms with Crippen LogP contribution >= 0.6 is 11.6 Å². The van der Waals surface area contributed by atoms with Crippen LogP contribution in [0.3, 0.4) is 0 Å². The second kappa shape index (κ2) is 20.7. The van der Waals surface area contributed by atoms with Gasteiger partial charge < -0.3 is 45.5 Å². The highest BCUT2D eigenvalue weighted by Gasteiger charge is 2.55. The minimum Gasteiger partial charge on any atom is -0.444 e. The Kier molecular flexibility index (Phi) is 14.8. The number of nitrogens with one attached hydrogen (secondary N) is 3. The molecule has 2 aromatic heterocycles. The predicted molar refractivity (Wildman–Crippen MR) is 265 cm³/mol. The maximum Gasteiger partial charge on any atom is 0.408 e. The highest BCUT2D eigenvalue weighted by molar-refractivity contribution is 6.30. The normalized spacial score (nSPS) is 25.8. The maximum atomic E-state index is 14.3. The number of H-pyrrole nitrogens is 1. The van der Waals surface area contributed by atoms with Gasteiger partial charge in [-0.2, -0.15) is 0 Å². The summed E-state index contributed by atoms with van der Waals surface area (Å²) in [6.45, 7) is 14.3. The van der Waals surface area contributed by atoms with E-state index in [2.05, 4.69) is 45.2 Å². The largest absolute Gasteiger partial charge is 0.444 e. The molecule has 7 heterocycles. The number of carbonyl (C=O) groups excluding carboxylic acids is 4. The standard InChI is InChI=1S/C51H74ClN11O6/c1-48(2,3)69-47(67)58-41(37-7-5-4-6-8-37)44(64)62-29-27-60(28-30-62)33-50-17-15-49(16-18-50,34-68-50)46(66)63-31-25-59(26-32-63)22-14-40(36-9-11-38(52)12-10-36)57-45(65)51(53)19-23-61(24-20-51)43-39-13-21-54-42(39)55-35-56-43/h9-13,21,35,37,40-41H,4-8,14-20,22-34,53H2,1-3H3,(H,57,65)(H,58,67)(H,54,55,56)/t40-,41+,49?,50?/m0/s1. The van der Waals surface area contributed by atoms with E-state index < -0.39 is 28.7 Å². The van der Waals surface area contributed by atoms with Crippen LogP contribution in [0.25, 0.3) is 11.0 Å². The van der Waals surface area contributed by atoms with Crippen LogP contribution in [0.5, 0.6) is 0 Å². The second-order valence-electron chi connectivity index (χ2n) is 22.0. The van der Waals surface area contributed by atoms with Gasteiger partial charge in [-0.25, -0.2) is 14.8 Å². The molecule has 7 fully saturated rings. The van der Waals surface area contributed by atoms with Crippen molar-refractivity contribution in [3.8, 4) is 0 Å². The maximum absolute atomic E-state index is 14.3. The van der Waals surface area contributed by atoms with E-state index in [9.17, 15) is 19.2 Å². The van der Waals surface area contributed by atoms with Crippen LogP contribution in [0.2, 0.25) is 5.02 Å². The zero-order valence-electron chi connectivity index (χ0n) is 41.0. The number of benzene rings is 1. The highest BCUT2D eigenvalue weighted by atomic mass is 35.5. The van der Waals surface area contributed by atoms with Crippen molar-refractivity contribution in [2.45, 2.75) is 127 Å². The average molecular weight is 973 g/mol. The smallest absolute Gasteiger partial charge is 0.408 e. The van der Waals surface area contributed by atoms with Crippen LogP contribution in [-0.4, -0.2) is 166 Å². The molecule has 2 saturated carbocycles. The van der Waals surface area contributed by atoms with E-state index in [1.165, 1.54) is 6.42 Å². The first kappa shape index (κ1) is 49.4. The number of nitrogens with two attached hydrogens (primary N) is 1. The fourth-order valence-electron chi connectivity index (χ4n) is 11.9. The summed E-state index contributed by atoms with van der Waals surface area (Å²) in [5.41, 5.74) is 6.24. The zero-order chi connectivity index (χ0) is 48.4. The summed E-state index contributed by atoms with van der Waals surface area (Å²) < 4.78 is 12.3. The van der Waals surface area contributed by atoms with Crippen molar-refractivity contribution in [1.29, 1.82) is 0 Å². The summed E-state index contributed by atoms with van der Waals surface area (Å²) in [7, 11) is 0. The molecule has 5 saturated heterocycles. The molecule has 18 heteroatoms. The fourth-order valence-corrected chi connectivity index (χ4v) is 12.0. The van der Waals surface area contributed by atoms with E-state index in [-0.39, 0.29) is 35.3 Å². The van der Waals surface area contributed by atoms with Crippen LogP contribution in [-0.2, 0) is 23.9 Å². The molecule has 2 aliphatic carbocycles. The number of rotatable bonds is 13. The van der Waals surface area contributed by atoms with Crippen molar-refractivity contribution >= 4 is 52.3 Å². The first-order valence-corrected chi connectivity index (χ1v) is 26.0. The summed E-state index contributed by atoms with van der Waals surface area (Å²) in [6.07, 6.45) is 13.1. The predicted octanol–water partition coefficient (Wildman–Crippen LogP) is 5.25. The van der Waals surface area contributed by atoms with Gasteiger partial charge in [-0.1, -0.05) is 43.0 Å². The van der Waals surface area contributed by atoms with Gasteiger partial charge in [0.2, 0.25) is 17.7 Å². The topological polar surface area (TPSA) is 195 Å². The van der Waals surface area contributed by atoms with Gasteiger partial charge in [0, 0.05) is 89.8 Å². The Morgan fingerprint density at radius 1 is 0.841 bits per heavy atom. The number of aromatic amines is 1. The molecular weight excluding hydrogens is 898 g/mol. The molecule has 10 rings (SSSR count). The number of carbonyl (C=O) groups is 4. The Morgan fingerprint density at radius 3 is 2.16 bits per heavy atom. The number of hydrogen-bond acceptors (Lipinski definition) is 12. The number of aromatic nitrogens is 3. The number of ether oxygens (including phenoxy) is 2. The van der Waals surface area contributed by atoms with Crippen LogP contribution in [0.4, 0.5) is 10.6 Å². The second-order valence-corrected chi connectivity index (χ2v) is 22.4. The number of amides is 4. The molecule has 0 unspecified atom stereocenters. The number of nitrogens with zero attached hydrogens (tertiary/aromatic N) is 7. The Hall–Kier alpha value is -4.55. The number of fused-ring (bicyclic) bond motifs is 4. The number of anilines is 1. The lowest BCUT2D eigenvalue weighted by Gasteiger charge is -2.55. The van der Waals surface area contributed by atoms with Crippen molar-refractivity contribution < 1.29 is 28.7 Å². The summed E-state index contributed by atoms with van der Waals surface area (Å²) in [5, 5.41) is 7.90. The Labute approximate surface area is 411 Å². The fraction of sp³-hybridized carbons (Fsp3) is 0.686. The lowest BCUT2D eigenvalue weighted by atomic mass is 9.65. The first-order valence-electron chi connectivity index (χ1n) is 25.6. The third-order valence-corrected chi connectivity index (χ3v) is 16.4. The quantitative estimate of drug-likeness (QED) is 0.174. The summed E-state index contributed by atoms with van der Waals surface area (Å²) in [5.74, 6) is 1.04. The molecule has 0 radical (unpaired) electrons. The monoisotopic (exact) mass is 972 g/mol. The van der Waals surface area contributed by atoms with Gasteiger partial charge in [-0.15, -0.1) is 0 Å². The molecular formula is C51H74ClN11O6. The average Bonchev–Trinajstić information content (AvgIpc) is 3.85. The van der Waals surface area contributed by atoms with Crippen molar-refractivity contribution in [2.24, 2.45) is 17.1 Å². The van der Waals surface area contributed by atoms with Crippen molar-refractivity contribution in [3.05, 3.63) is 53.4 Å². The van der Waals surface area contributed by atoms with Gasteiger partial charge in [0.05, 0.1) is 34.6 Å². The van der Waals surface area contributed by atoms with E-state index in [0.29, 0.717) is 70.2 Å². The molecule has 69 heavy (non-hydrogen) atoms. The van der Waals surface area contributed by atoms with Crippen molar-refractivity contribution in [3.63, 3.8) is 0 Å². The molecule has 3 aromatic rings.